The van der Waals surface area contributed by atoms with Crippen LogP contribution in [0.1, 0.15) is 5.56 Å². The lowest BCUT2D eigenvalue weighted by Crippen LogP contribution is -2.22. The van der Waals surface area contributed by atoms with Crippen LogP contribution in [-0.2, 0) is 4.74 Å². The highest BCUT2D eigenvalue weighted by atomic mass is 16.5. The van der Waals surface area contributed by atoms with E-state index in [1.807, 2.05) is 37.3 Å². The van der Waals surface area contributed by atoms with E-state index < -0.39 is 6.10 Å². The summed E-state index contributed by atoms with van der Waals surface area (Å²) in [6.45, 7) is 2.16. The number of para-hydroxylation sites is 1. The molecule has 2 rings (SSSR count). The molecule has 0 fully saturated rings. The standard InChI is InChI=1S/C14H19N3O3/c1-10-13(15)17(11-6-4-3-5-7-11)16-14(10)20-9-12(18)8-19-2/h3-7,12,18H,8-9,15H2,1-2H3. The normalized spacial score (nSPS) is 12.3. The van der Waals surface area contributed by atoms with Gasteiger partial charge in [-0.2, -0.15) is 0 Å². The number of rotatable bonds is 6. The van der Waals surface area contributed by atoms with Gasteiger partial charge in [-0.25, -0.2) is 4.68 Å². The van der Waals surface area contributed by atoms with Gasteiger partial charge in [-0.3, -0.25) is 0 Å². The summed E-state index contributed by atoms with van der Waals surface area (Å²) in [7, 11) is 1.52. The van der Waals surface area contributed by atoms with Gasteiger partial charge in [0, 0.05) is 7.11 Å². The van der Waals surface area contributed by atoms with E-state index in [0.717, 1.165) is 11.3 Å². The van der Waals surface area contributed by atoms with Crippen molar-refractivity contribution in [1.82, 2.24) is 9.78 Å². The fraction of sp³-hybridized carbons (Fsp3) is 0.357. The Kier molecular flexibility index (Phi) is 4.60. The molecule has 108 valence electrons. The fourth-order valence-electron chi connectivity index (χ4n) is 1.81. The Labute approximate surface area is 117 Å². The van der Waals surface area contributed by atoms with Crippen molar-refractivity contribution < 1.29 is 14.6 Å². The van der Waals surface area contributed by atoms with Crippen molar-refractivity contribution in [3.05, 3.63) is 35.9 Å². The molecule has 0 radical (unpaired) electrons. The van der Waals surface area contributed by atoms with Crippen LogP contribution in [0.4, 0.5) is 5.82 Å². The molecule has 0 spiro atoms. The van der Waals surface area contributed by atoms with Crippen molar-refractivity contribution in [3.8, 4) is 11.6 Å². The van der Waals surface area contributed by atoms with Crippen LogP contribution in [0, 0.1) is 6.92 Å². The van der Waals surface area contributed by atoms with Gasteiger partial charge in [0.05, 0.1) is 17.9 Å². The first-order chi connectivity index (χ1) is 9.63. The van der Waals surface area contributed by atoms with Crippen molar-refractivity contribution in [2.75, 3.05) is 26.1 Å². The molecule has 0 aliphatic heterocycles. The molecule has 3 N–H and O–H groups in total. The van der Waals surface area contributed by atoms with Gasteiger partial charge in [0.15, 0.2) is 0 Å². The quantitative estimate of drug-likeness (QED) is 0.827. The molecule has 0 saturated heterocycles. The van der Waals surface area contributed by atoms with Gasteiger partial charge in [-0.05, 0) is 19.1 Å². The highest BCUT2D eigenvalue weighted by Gasteiger charge is 2.15. The molecule has 0 aliphatic rings. The molecular formula is C14H19N3O3. The number of ether oxygens (including phenoxy) is 2. The summed E-state index contributed by atoms with van der Waals surface area (Å²) in [6, 6.07) is 9.57. The van der Waals surface area contributed by atoms with Crippen molar-refractivity contribution in [2.45, 2.75) is 13.0 Å². The number of hydrogen-bond acceptors (Lipinski definition) is 5. The molecule has 6 heteroatoms. The molecule has 2 aromatic rings. The number of hydrogen-bond donors (Lipinski definition) is 2. The maximum Gasteiger partial charge on any atom is 0.238 e. The molecule has 20 heavy (non-hydrogen) atoms. The summed E-state index contributed by atoms with van der Waals surface area (Å²) in [5.74, 6) is 0.939. The lowest BCUT2D eigenvalue weighted by atomic mass is 10.3. The highest BCUT2D eigenvalue weighted by molar-refractivity contribution is 5.51. The summed E-state index contributed by atoms with van der Waals surface area (Å²) in [4.78, 5) is 0. The number of aliphatic hydroxyl groups excluding tert-OH is 1. The van der Waals surface area contributed by atoms with E-state index in [0.29, 0.717) is 11.7 Å². The van der Waals surface area contributed by atoms with Crippen LogP contribution < -0.4 is 10.5 Å². The van der Waals surface area contributed by atoms with Crippen molar-refractivity contribution in [1.29, 1.82) is 0 Å². The van der Waals surface area contributed by atoms with Crippen LogP contribution in [0.15, 0.2) is 30.3 Å². The third-order valence-corrected chi connectivity index (χ3v) is 2.90. The van der Waals surface area contributed by atoms with Gasteiger partial charge in [0.1, 0.15) is 18.5 Å². The van der Waals surface area contributed by atoms with E-state index in [1.54, 1.807) is 4.68 Å². The zero-order valence-corrected chi connectivity index (χ0v) is 11.6. The molecule has 0 aliphatic carbocycles. The number of benzene rings is 1. The Morgan fingerprint density at radius 2 is 2.00 bits per heavy atom. The third-order valence-electron chi connectivity index (χ3n) is 2.90. The molecule has 1 atom stereocenters. The zero-order valence-electron chi connectivity index (χ0n) is 11.6. The van der Waals surface area contributed by atoms with Crippen molar-refractivity contribution in [3.63, 3.8) is 0 Å². The average molecular weight is 277 g/mol. The highest BCUT2D eigenvalue weighted by Crippen LogP contribution is 2.25. The predicted octanol–water partition coefficient (Wildman–Crippen LogP) is 1.15. The number of nitrogens with zero attached hydrogens (tertiary/aromatic N) is 2. The first kappa shape index (κ1) is 14.4. The van der Waals surface area contributed by atoms with Gasteiger partial charge in [0.25, 0.3) is 0 Å². The Balaban J connectivity index is 2.16. The largest absolute Gasteiger partial charge is 0.474 e. The molecule has 6 nitrogen and oxygen atoms in total. The second kappa shape index (κ2) is 6.40. The maximum atomic E-state index is 9.58. The number of methoxy groups -OCH3 is 1. The summed E-state index contributed by atoms with van der Waals surface area (Å²) >= 11 is 0. The first-order valence-electron chi connectivity index (χ1n) is 6.33. The molecule has 0 bridgehead atoms. The van der Waals surface area contributed by atoms with Gasteiger partial charge in [-0.15, -0.1) is 5.10 Å². The van der Waals surface area contributed by atoms with Crippen LogP contribution in [0.2, 0.25) is 0 Å². The molecular weight excluding hydrogens is 258 g/mol. The van der Waals surface area contributed by atoms with E-state index in [-0.39, 0.29) is 13.2 Å². The molecule has 1 heterocycles. The Bertz CT molecular complexity index is 554. The second-order valence-electron chi connectivity index (χ2n) is 4.48. The minimum absolute atomic E-state index is 0.111. The van der Waals surface area contributed by atoms with E-state index in [2.05, 4.69) is 5.10 Å². The van der Waals surface area contributed by atoms with Crippen LogP contribution in [0.5, 0.6) is 5.88 Å². The van der Waals surface area contributed by atoms with Crippen molar-refractivity contribution in [2.24, 2.45) is 0 Å². The number of nitrogens with two attached hydrogens (primary N) is 1. The molecule has 0 saturated carbocycles. The molecule has 1 unspecified atom stereocenters. The Hall–Kier alpha value is -2.05. The third kappa shape index (κ3) is 3.09. The lowest BCUT2D eigenvalue weighted by Gasteiger charge is -2.09. The summed E-state index contributed by atoms with van der Waals surface area (Å²) in [5, 5.41) is 13.9. The van der Waals surface area contributed by atoms with Gasteiger partial charge < -0.3 is 20.3 Å². The van der Waals surface area contributed by atoms with Crippen LogP contribution in [0.3, 0.4) is 0 Å². The first-order valence-corrected chi connectivity index (χ1v) is 6.33. The van der Waals surface area contributed by atoms with E-state index in [9.17, 15) is 5.11 Å². The number of aliphatic hydroxyl groups is 1. The lowest BCUT2D eigenvalue weighted by molar-refractivity contribution is 0.0311. The van der Waals surface area contributed by atoms with E-state index in [4.69, 9.17) is 15.2 Å². The predicted molar refractivity (Wildman–Crippen MR) is 76.1 cm³/mol. The minimum atomic E-state index is -0.692. The van der Waals surface area contributed by atoms with Gasteiger partial charge in [-0.1, -0.05) is 18.2 Å². The molecule has 1 aromatic carbocycles. The Morgan fingerprint density at radius 1 is 1.30 bits per heavy atom. The maximum absolute atomic E-state index is 9.58. The second-order valence-corrected chi connectivity index (χ2v) is 4.48. The summed E-state index contributed by atoms with van der Waals surface area (Å²) < 4.78 is 12.0. The van der Waals surface area contributed by atoms with Crippen LogP contribution in [0.25, 0.3) is 5.69 Å². The summed E-state index contributed by atoms with van der Waals surface area (Å²) in [5.41, 5.74) is 7.64. The number of nitrogen functional groups attached to an aromatic ring is 1. The van der Waals surface area contributed by atoms with Crippen molar-refractivity contribution >= 4 is 5.82 Å². The zero-order chi connectivity index (χ0) is 14.5. The monoisotopic (exact) mass is 277 g/mol. The number of anilines is 1. The van der Waals surface area contributed by atoms with Gasteiger partial charge >= 0.3 is 0 Å². The molecule has 0 amide bonds. The fourth-order valence-corrected chi connectivity index (χ4v) is 1.81. The van der Waals surface area contributed by atoms with E-state index in [1.165, 1.54) is 7.11 Å². The molecule has 1 aromatic heterocycles. The van der Waals surface area contributed by atoms with Crippen LogP contribution in [-0.4, -0.2) is 41.3 Å². The number of aromatic nitrogens is 2. The van der Waals surface area contributed by atoms with E-state index >= 15 is 0 Å². The smallest absolute Gasteiger partial charge is 0.238 e. The topological polar surface area (TPSA) is 82.5 Å². The SMILES string of the molecule is COCC(O)COc1nn(-c2ccccc2)c(N)c1C. The van der Waals surface area contributed by atoms with Crippen LogP contribution >= 0.6 is 0 Å². The average Bonchev–Trinajstić information content (AvgIpc) is 2.74. The minimum Gasteiger partial charge on any atom is -0.474 e. The summed E-state index contributed by atoms with van der Waals surface area (Å²) in [6.07, 6.45) is -0.692. The Morgan fingerprint density at radius 3 is 2.65 bits per heavy atom. The van der Waals surface area contributed by atoms with Gasteiger partial charge in [0.2, 0.25) is 5.88 Å².